The second-order valence-corrected chi connectivity index (χ2v) is 4.82. The van der Waals surface area contributed by atoms with E-state index in [0.717, 1.165) is 12.1 Å². The highest BCUT2D eigenvalue weighted by Crippen LogP contribution is 2.31. The summed E-state index contributed by atoms with van der Waals surface area (Å²) in [6, 6.07) is 7.30. The third-order valence-corrected chi connectivity index (χ3v) is 3.16. The van der Waals surface area contributed by atoms with Crippen LogP contribution in [0.2, 0.25) is 0 Å². The van der Waals surface area contributed by atoms with Gasteiger partial charge < -0.3 is 11.5 Å². The summed E-state index contributed by atoms with van der Waals surface area (Å²) in [5.74, 6) is -0.637. The third-order valence-electron chi connectivity index (χ3n) is 3.16. The van der Waals surface area contributed by atoms with Gasteiger partial charge in [0.15, 0.2) is 0 Å². The summed E-state index contributed by atoms with van der Waals surface area (Å²) in [5, 5.41) is 0. The predicted molar refractivity (Wildman–Crippen MR) is 75.5 cm³/mol. The lowest BCUT2D eigenvalue weighted by Crippen LogP contribution is -2.38. The van der Waals surface area contributed by atoms with Crippen LogP contribution in [0.1, 0.15) is 11.3 Å². The van der Waals surface area contributed by atoms with Crippen molar-refractivity contribution in [2.45, 2.75) is 18.6 Å². The summed E-state index contributed by atoms with van der Waals surface area (Å²) in [5.41, 5.74) is 11.8. The third kappa shape index (κ3) is 3.82. The lowest BCUT2D eigenvalue weighted by molar-refractivity contribution is -0.137. The maximum absolute atomic E-state index is 12.5. The normalized spacial score (nSPS) is 12.9. The summed E-state index contributed by atoms with van der Waals surface area (Å²) in [6.45, 7) is 0. The number of hydrogen-bond acceptors (Lipinski definition) is 3. The fourth-order valence-electron chi connectivity index (χ4n) is 1.95. The fourth-order valence-corrected chi connectivity index (χ4v) is 1.95. The van der Waals surface area contributed by atoms with E-state index in [1.165, 1.54) is 18.3 Å². The summed E-state index contributed by atoms with van der Waals surface area (Å²) >= 11 is 0. The van der Waals surface area contributed by atoms with Crippen molar-refractivity contribution in [1.82, 2.24) is 4.98 Å². The number of pyridine rings is 1. The van der Waals surface area contributed by atoms with Crippen molar-refractivity contribution in [3.63, 3.8) is 0 Å². The summed E-state index contributed by atoms with van der Waals surface area (Å²) in [6.07, 6.45) is -2.68. The highest BCUT2D eigenvalue weighted by Gasteiger charge is 2.29. The Morgan fingerprint density at radius 2 is 1.77 bits per heavy atom. The van der Waals surface area contributed by atoms with Crippen molar-refractivity contribution >= 4 is 5.91 Å². The second kappa shape index (κ2) is 6.15. The van der Waals surface area contributed by atoms with Gasteiger partial charge in [0.25, 0.3) is 0 Å². The van der Waals surface area contributed by atoms with Gasteiger partial charge in [-0.2, -0.15) is 13.2 Å². The molecule has 0 bridgehead atoms. The molecular weight excluding hydrogens is 295 g/mol. The van der Waals surface area contributed by atoms with Crippen molar-refractivity contribution in [2.24, 2.45) is 11.5 Å². The minimum absolute atomic E-state index is 0.170. The zero-order valence-electron chi connectivity index (χ0n) is 11.5. The Morgan fingerprint density at radius 3 is 2.32 bits per heavy atom. The predicted octanol–water partition coefficient (Wildman–Crippen LogP) is 2.12. The van der Waals surface area contributed by atoms with E-state index in [2.05, 4.69) is 4.98 Å². The van der Waals surface area contributed by atoms with E-state index in [-0.39, 0.29) is 6.42 Å². The molecule has 116 valence electrons. The van der Waals surface area contributed by atoms with Crippen molar-refractivity contribution in [2.75, 3.05) is 0 Å². The van der Waals surface area contributed by atoms with E-state index < -0.39 is 23.7 Å². The molecule has 1 aromatic heterocycles. The number of halogens is 3. The van der Waals surface area contributed by atoms with Gasteiger partial charge in [-0.1, -0.05) is 12.1 Å². The molecule has 0 aliphatic rings. The van der Waals surface area contributed by atoms with Crippen LogP contribution in [-0.4, -0.2) is 16.9 Å². The fraction of sp³-hybridized carbons (Fsp3) is 0.200. The molecule has 0 saturated carbocycles. The number of hydrogen-bond donors (Lipinski definition) is 2. The van der Waals surface area contributed by atoms with Crippen molar-refractivity contribution < 1.29 is 18.0 Å². The van der Waals surface area contributed by atoms with Crippen LogP contribution >= 0.6 is 0 Å². The number of aromatic nitrogens is 1. The molecule has 0 aliphatic heterocycles. The van der Waals surface area contributed by atoms with Crippen LogP contribution in [0, 0.1) is 0 Å². The largest absolute Gasteiger partial charge is 0.416 e. The first-order valence-electron chi connectivity index (χ1n) is 6.45. The first kappa shape index (κ1) is 16.0. The molecule has 1 amide bonds. The van der Waals surface area contributed by atoms with Crippen LogP contribution in [0.5, 0.6) is 0 Å². The number of carbonyl (C=O) groups is 1. The van der Waals surface area contributed by atoms with Gasteiger partial charge in [-0.3, -0.25) is 9.78 Å². The molecular formula is C15H14F3N3O. The number of alkyl halides is 3. The molecule has 2 rings (SSSR count). The number of rotatable bonds is 4. The van der Waals surface area contributed by atoms with Crippen LogP contribution in [0.15, 0.2) is 42.6 Å². The molecule has 0 radical (unpaired) electrons. The van der Waals surface area contributed by atoms with Gasteiger partial charge in [0, 0.05) is 18.3 Å². The van der Waals surface area contributed by atoms with E-state index >= 15 is 0 Å². The summed E-state index contributed by atoms with van der Waals surface area (Å²) in [4.78, 5) is 15.0. The number of primary amides is 1. The standard InChI is InChI=1S/C15H14F3N3O/c16-15(17,18)11-3-1-9(2-4-11)10-5-6-21-12(7-10)8-13(19)14(20)22/h1-7,13H,8,19H2,(H2,20,22). The molecule has 1 atom stereocenters. The van der Waals surface area contributed by atoms with E-state index in [4.69, 9.17) is 11.5 Å². The van der Waals surface area contributed by atoms with E-state index in [1.54, 1.807) is 12.1 Å². The Bertz CT molecular complexity index is 668. The van der Waals surface area contributed by atoms with Gasteiger partial charge in [0.1, 0.15) is 0 Å². The van der Waals surface area contributed by atoms with Crippen LogP contribution in [0.25, 0.3) is 11.1 Å². The van der Waals surface area contributed by atoms with Crippen LogP contribution in [0.3, 0.4) is 0 Å². The molecule has 7 heteroatoms. The molecule has 0 spiro atoms. The molecule has 4 N–H and O–H groups in total. The summed E-state index contributed by atoms with van der Waals surface area (Å²) < 4.78 is 37.6. The average molecular weight is 309 g/mol. The lowest BCUT2D eigenvalue weighted by atomic mass is 10.0. The first-order chi connectivity index (χ1) is 10.3. The number of benzene rings is 1. The highest BCUT2D eigenvalue weighted by atomic mass is 19.4. The van der Waals surface area contributed by atoms with Crippen molar-refractivity contribution in [1.29, 1.82) is 0 Å². The quantitative estimate of drug-likeness (QED) is 0.907. The Morgan fingerprint density at radius 1 is 1.14 bits per heavy atom. The first-order valence-corrected chi connectivity index (χ1v) is 6.45. The molecule has 1 aromatic carbocycles. The minimum Gasteiger partial charge on any atom is -0.368 e. The Hall–Kier alpha value is -2.41. The smallest absolute Gasteiger partial charge is 0.368 e. The molecule has 22 heavy (non-hydrogen) atoms. The Balaban J connectivity index is 2.24. The van der Waals surface area contributed by atoms with Crippen molar-refractivity contribution in [3.8, 4) is 11.1 Å². The maximum atomic E-state index is 12.5. The van der Waals surface area contributed by atoms with Crippen LogP contribution in [0.4, 0.5) is 13.2 Å². The number of amides is 1. The van der Waals surface area contributed by atoms with Gasteiger partial charge in [0.2, 0.25) is 5.91 Å². The van der Waals surface area contributed by atoms with Gasteiger partial charge in [-0.05, 0) is 35.4 Å². The molecule has 2 aromatic rings. The van der Waals surface area contributed by atoms with E-state index in [0.29, 0.717) is 16.8 Å². The molecule has 0 fully saturated rings. The zero-order chi connectivity index (χ0) is 16.3. The molecule has 4 nitrogen and oxygen atoms in total. The van der Waals surface area contributed by atoms with Gasteiger partial charge in [-0.25, -0.2) is 0 Å². The molecule has 0 aliphatic carbocycles. The maximum Gasteiger partial charge on any atom is 0.416 e. The highest BCUT2D eigenvalue weighted by molar-refractivity contribution is 5.79. The van der Waals surface area contributed by atoms with Gasteiger partial charge in [-0.15, -0.1) is 0 Å². The number of nitrogens with two attached hydrogens (primary N) is 2. The Kier molecular flexibility index (Phi) is 4.46. The van der Waals surface area contributed by atoms with E-state index in [1.807, 2.05) is 0 Å². The summed E-state index contributed by atoms with van der Waals surface area (Å²) in [7, 11) is 0. The minimum atomic E-state index is -4.36. The molecule has 0 saturated heterocycles. The second-order valence-electron chi connectivity index (χ2n) is 4.82. The topological polar surface area (TPSA) is 82.0 Å². The zero-order valence-corrected chi connectivity index (χ0v) is 11.5. The monoisotopic (exact) mass is 309 g/mol. The number of carbonyl (C=O) groups excluding carboxylic acids is 1. The van der Waals surface area contributed by atoms with Crippen molar-refractivity contribution in [3.05, 3.63) is 53.9 Å². The molecule has 1 heterocycles. The SMILES string of the molecule is NC(=O)C(N)Cc1cc(-c2ccc(C(F)(F)F)cc2)ccn1. The molecule has 1 unspecified atom stereocenters. The van der Waals surface area contributed by atoms with E-state index in [9.17, 15) is 18.0 Å². The van der Waals surface area contributed by atoms with Crippen LogP contribution in [-0.2, 0) is 17.4 Å². The van der Waals surface area contributed by atoms with Crippen LogP contribution < -0.4 is 11.5 Å². The van der Waals surface area contributed by atoms with Gasteiger partial charge in [0.05, 0.1) is 11.6 Å². The lowest BCUT2D eigenvalue weighted by Gasteiger charge is -2.10. The van der Waals surface area contributed by atoms with Gasteiger partial charge >= 0.3 is 6.18 Å². The number of nitrogens with zero attached hydrogens (tertiary/aromatic N) is 1. The Labute approximate surface area is 125 Å². The average Bonchev–Trinajstić information content (AvgIpc) is 2.46.